The molecule has 0 aromatic heterocycles. The Morgan fingerprint density at radius 1 is 1.00 bits per heavy atom. The molecular weight excluding hydrogens is 398 g/mol. The van der Waals surface area contributed by atoms with E-state index in [1.165, 1.54) is 12.1 Å². The van der Waals surface area contributed by atoms with Crippen molar-refractivity contribution < 1.29 is 27.0 Å². The predicted molar refractivity (Wildman–Crippen MR) is 101 cm³/mol. The minimum absolute atomic E-state index is 0. The Morgan fingerprint density at radius 3 is 2.21 bits per heavy atom. The predicted octanol–water partition coefficient (Wildman–Crippen LogP) is 5.11. The van der Waals surface area contributed by atoms with Gasteiger partial charge in [0.25, 0.3) is 0 Å². The van der Waals surface area contributed by atoms with Crippen LogP contribution in [0.3, 0.4) is 0 Å². The first-order chi connectivity index (χ1) is 13.0. The lowest BCUT2D eigenvalue weighted by Crippen LogP contribution is -2.36. The van der Waals surface area contributed by atoms with Crippen LogP contribution in [0.1, 0.15) is 11.1 Å². The van der Waals surface area contributed by atoms with Crippen molar-refractivity contribution in [2.45, 2.75) is 6.92 Å². The molecule has 0 amide bonds. The molecule has 0 radical (unpaired) electrons. The van der Waals surface area contributed by atoms with E-state index in [1.807, 2.05) is 4.90 Å². The number of nitrogens with zero attached hydrogens (tertiary/aromatic N) is 1. The molecule has 8 heteroatoms. The molecule has 0 N–H and O–H groups in total. The van der Waals surface area contributed by atoms with E-state index in [2.05, 4.69) is 0 Å². The molecule has 3 nitrogen and oxygen atoms in total. The van der Waals surface area contributed by atoms with Crippen LogP contribution in [0.4, 0.5) is 17.6 Å². The first-order valence-corrected chi connectivity index (χ1v) is 8.55. The van der Waals surface area contributed by atoms with Crippen molar-refractivity contribution in [3.63, 3.8) is 0 Å². The monoisotopic (exact) mass is 417 g/mol. The van der Waals surface area contributed by atoms with Crippen LogP contribution in [0, 0.1) is 30.2 Å². The van der Waals surface area contributed by atoms with Crippen LogP contribution in [0.15, 0.2) is 30.3 Å². The zero-order chi connectivity index (χ0) is 19.4. The van der Waals surface area contributed by atoms with Crippen LogP contribution in [-0.2, 0) is 4.74 Å². The maximum absolute atomic E-state index is 14.3. The number of para-hydroxylation sites is 1. The van der Waals surface area contributed by atoms with Gasteiger partial charge < -0.3 is 9.47 Å². The number of morpholine rings is 1. The van der Waals surface area contributed by atoms with Crippen LogP contribution in [-0.4, -0.2) is 37.7 Å². The van der Waals surface area contributed by atoms with Crippen molar-refractivity contribution in [1.82, 2.24) is 4.90 Å². The molecule has 2 aromatic carbocycles. The second-order valence-electron chi connectivity index (χ2n) is 6.18. The molecule has 1 saturated heterocycles. The summed E-state index contributed by atoms with van der Waals surface area (Å²) in [5.41, 5.74) is -0.193. The lowest BCUT2D eigenvalue weighted by atomic mass is 10.1. The summed E-state index contributed by atoms with van der Waals surface area (Å²) >= 11 is 0. The molecule has 0 unspecified atom stereocenters. The van der Waals surface area contributed by atoms with Gasteiger partial charge in [-0.25, -0.2) is 8.78 Å². The van der Waals surface area contributed by atoms with E-state index in [0.29, 0.717) is 38.4 Å². The Labute approximate surface area is 167 Å². The second-order valence-corrected chi connectivity index (χ2v) is 6.18. The number of ether oxygens (including phenoxy) is 2. The largest absolute Gasteiger partial charge is 0.451 e. The Balaban J connectivity index is 0.00000280. The smallest absolute Gasteiger partial charge is 0.205 e. The first-order valence-electron chi connectivity index (χ1n) is 8.55. The Kier molecular flexibility index (Phi) is 7.86. The van der Waals surface area contributed by atoms with Gasteiger partial charge in [-0.1, -0.05) is 30.4 Å². The van der Waals surface area contributed by atoms with Gasteiger partial charge in [-0.3, -0.25) is 4.90 Å². The molecule has 0 atom stereocenters. The van der Waals surface area contributed by atoms with Crippen molar-refractivity contribution >= 4 is 18.5 Å². The third-order valence-electron chi connectivity index (χ3n) is 4.31. The Hall–Kier alpha value is -2.09. The fourth-order valence-electron chi connectivity index (χ4n) is 2.75. The van der Waals surface area contributed by atoms with E-state index in [-0.39, 0.29) is 18.2 Å². The quantitative estimate of drug-likeness (QED) is 0.498. The number of hydrogen-bond acceptors (Lipinski definition) is 3. The molecule has 1 aliphatic rings. The number of benzene rings is 2. The molecule has 0 bridgehead atoms. The van der Waals surface area contributed by atoms with Gasteiger partial charge in [0.05, 0.1) is 18.8 Å². The average molecular weight is 418 g/mol. The van der Waals surface area contributed by atoms with E-state index < -0.39 is 34.6 Å². The summed E-state index contributed by atoms with van der Waals surface area (Å²) in [6.45, 7) is 4.56. The van der Waals surface area contributed by atoms with E-state index in [9.17, 15) is 17.6 Å². The zero-order valence-electron chi connectivity index (χ0n) is 15.2. The average Bonchev–Trinajstić information content (AvgIpc) is 2.68. The van der Waals surface area contributed by atoms with Gasteiger partial charge in [-0.05, 0) is 18.6 Å². The van der Waals surface area contributed by atoms with Crippen molar-refractivity contribution in [1.29, 1.82) is 0 Å². The van der Waals surface area contributed by atoms with Gasteiger partial charge >= 0.3 is 0 Å². The highest BCUT2D eigenvalue weighted by atomic mass is 35.5. The van der Waals surface area contributed by atoms with Gasteiger partial charge in [-0.15, -0.1) is 12.4 Å². The maximum Gasteiger partial charge on any atom is 0.205 e. The van der Waals surface area contributed by atoms with Crippen LogP contribution < -0.4 is 4.74 Å². The van der Waals surface area contributed by atoms with Gasteiger partial charge in [0.1, 0.15) is 5.75 Å². The molecule has 0 saturated carbocycles. The molecule has 1 aliphatic heterocycles. The number of hydrogen-bond donors (Lipinski definition) is 0. The summed E-state index contributed by atoms with van der Waals surface area (Å²) < 4.78 is 67.6. The minimum atomic E-state index is -1.57. The fourth-order valence-corrected chi connectivity index (χ4v) is 2.75. The van der Waals surface area contributed by atoms with Gasteiger partial charge in [0, 0.05) is 19.6 Å². The van der Waals surface area contributed by atoms with E-state index in [1.54, 1.807) is 25.1 Å². The molecule has 1 fully saturated rings. The standard InChI is InChI=1S/C20H19F4NO2.ClH/c1-13-5-2-3-7-15(13)27-20-18(23)16(21)14(17(22)19(20)24)6-4-8-25-9-11-26-12-10-25;/h2-7H,8-12H2,1H3;1H. The molecule has 0 spiro atoms. The van der Waals surface area contributed by atoms with Gasteiger partial charge in [0.15, 0.2) is 11.6 Å². The van der Waals surface area contributed by atoms with Crippen molar-refractivity contribution in [2.24, 2.45) is 0 Å². The number of halogens is 5. The molecule has 3 rings (SSSR count). The van der Waals surface area contributed by atoms with Gasteiger partial charge in [0.2, 0.25) is 17.4 Å². The fraction of sp³-hybridized carbons (Fsp3) is 0.300. The maximum atomic E-state index is 14.3. The summed E-state index contributed by atoms with van der Waals surface area (Å²) in [5, 5.41) is 0. The lowest BCUT2D eigenvalue weighted by molar-refractivity contribution is 0.0435. The van der Waals surface area contributed by atoms with Gasteiger partial charge in [-0.2, -0.15) is 8.78 Å². The summed E-state index contributed by atoms with van der Waals surface area (Å²) in [4.78, 5) is 2.00. The summed E-state index contributed by atoms with van der Waals surface area (Å²) in [7, 11) is 0. The van der Waals surface area contributed by atoms with Crippen LogP contribution in [0.25, 0.3) is 6.08 Å². The molecular formula is C20H20ClF4NO2. The zero-order valence-corrected chi connectivity index (χ0v) is 16.0. The lowest BCUT2D eigenvalue weighted by Gasteiger charge is -2.25. The van der Waals surface area contributed by atoms with E-state index in [0.717, 1.165) is 6.08 Å². The molecule has 2 aromatic rings. The number of rotatable bonds is 5. The molecule has 152 valence electrons. The highest BCUT2D eigenvalue weighted by Gasteiger charge is 2.26. The third-order valence-corrected chi connectivity index (χ3v) is 4.31. The summed E-state index contributed by atoms with van der Waals surface area (Å²) in [6, 6.07) is 6.41. The summed E-state index contributed by atoms with van der Waals surface area (Å²) in [6.07, 6.45) is 2.51. The second kappa shape index (κ2) is 9.91. The van der Waals surface area contributed by atoms with Crippen LogP contribution >= 0.6 is 12.4 Å². The minimum Gasteiger partial charge on any atom is -0.451 e. The summed E-state index contributed by atoms with van der Waals surface area (Å²) in [5.74, 6) is -7.09. The Bertz CT molecular complexity index is 825. The molecule has 0 aliphatic carbocycles. The van der Waals surface area contributed by atoms with Crippen LogP contribution in [0.5, 0.6) is 11.5 Å². The SMILES string of the molecule is Cc1ccccc1Oc1c(F)c(F)c(C=CCN2CCOCC2)c(F)c1F.Cl. The van der Waals surface area contributed by atoms with E-state index >= 15 is 0 Å². The Morgan fingerprint density at radius 2 is 1.61 bits per heavy atom. The number of aryl methyl sites for hydroxylation is 1. The van der Waals surface area contributed by atoms with Crippen molar-refractivity contribution in [3.05, 3.63) is 64.7 Å². The van der Waals surface area contributed by atoms with E-state index in [4.69, 9.17) is 9.47 Å². The topological polar surface area (TPSA) is 21.7 Å². The highest BCUT2D eigenvalue weighted by Crippen LogP contribution is 2.34. The van der Waals surface area contributed by atoms with Crippen molar-refractivity contribution in [2.75, 3.05) is 32.8 Å². The molecule has 28 heavy (non-hydrogen) atoms. The first kappa shape index (κ1) is 22.2. The van der Waals surface area contributed by atoms with Crippen molar-refractivity contribution in [3.8, 4) is 11.5 Å². The van der Waals surface area contributed by atoms with Crippen LogP contribution in [0.2, 0.25) is 0 Å². The highest BCUT2D eigenvalue weighted by molar-refractivity contribution is 5.85. The third kappa shape index (κ3) is 4.84. The normalized spacial score (nSPS) is 14.9. The molecule has 1 heterocycles.